The van der Waals surface area contributed by atoms with E-state index in [2.05, 4.69) is 37.7 Å². The van der Waals surface area contributed by atoms with E-state index in [0.717, 1.165) is 13.0 Å². The van der Waals surface area contributed by atoms with Crippen LogP contribution in [0.4, 0.5) is 0 Å². The summed E-state index contributed by atoms with van der Waals surface area (Å²) >= 11 is 0. The lowest BCUT2D eigenvalue weighted by molar-refractivity contribution is 0.184. The highest BCUT2D eigenvalue weighted by atomic mass is 15.2. The van der Waals surface area contributed by atoms with E-state index in [0.29, 0.717) is 18.0 Å². The molecule has 1 aliphatic heterocycles. The Hall–Kier alpha value is -0.120. The van der Waals surface area contributed by atoms with Crippen LogP contribution in [0.5, 0.6) is 0 Å². The summed E-state index contributed by atoms with van der Waals surface area (Å²) in [7, 11) is 4.41. The van der Waals surface area contributed by atoms with Crippen molar-refractivity contribution in [3.63, 3.8) is 0 Å². The molecule has 1 aliphatic rings. The second-order valence-corrected chi connectivity index (χ2v) is 5.46. The van der Waals surface area contributed by atoms with Gasteiger partial charge in [-0.2, -0.15) is 0 Å². The third-order valence-corrected chi connectivity index (χ3v) is 3.35. The highest BCUT2D eigenvalue weighted by Gasteiger charge is 2.26. The summed E-state index contributed by atoms with van der Waals surface area (Å²) < 4.78 is 0. The standard InChI is InChI=1S/C12H27N3/c1-10(2)8-11(13)12-9-14(3)6-5-7-15(12)4/h10-12H,5-9,13H2,1-4H3. The van der Waals surface area contributed by atoms with Gasteiger partial charge in [0.15, 0.2) is 0 Å². The maximum atomic E-state index is 6.30. The Morgan fingerprint density at radius 1 is 1.27 bits per heavy atom. The molecule has 0 aromatic heterocycles. The minimum atomic E-state index is 0.315. The van der Waals surface area contributed by atoms with Crippen LogP contribution < -0.4 is 5.73 Å². The van der Waals surface area contributed by atoms with Gasteiger partial charge in [0.25, 0.3) is 0 Å². The Morgan fingerprint density at radius 3 is 2.53 bits per heavy atom. The summed E-state index contributed by atoms with van der Waals surface area (Å²) in [5.41, 5.74) is 6.30. The molecular weight excluding hydrogens is 186 g/mol. The Kier molecular flexibility index (Phi) is 5.03. The van der Waals surface area contributed by atoms with E-state index in [4.69, 9.17) is 5.73 Å². The minimum absolute atomic E-state index is 0.315. The van der Waals surface area contributed by atoms with Gasteiger partial charge in [0.1, 0.15) is 0 Å². The molecule has 90 valence electrons. The lowest BCUT2D eigenvalue weighted by Crippen LogP contribution is -2.50. The molecule has 0 saturated carbocycles. The van der Waals surface area contributed by atoms with Crippen LogP contribution in [0.3, 0.4) is 0 Å². The van der Waals surface area contributed by atoms with E-state index in [1.54, 1.807) is 0 Å². The van der Waals surface area contributed by atoms with E-state index in [9.17, 15) is 0 Å². The first-order chi connectivity index (χ1) is 7.00. The molecule has 2 unspecified atom stereocenters. The van der Waals surface area contributed by atoms with Crippen molar-refractivity contribution in [1.29, 1.82) is 0 Å². The summed E-state index contributed by atoms with van der Waals surface area (Å²) in [6, 6.07) is 0.843. The van der Waals surface area contributed by atoms with E-state index in [1.807, 2.05) is 0 Å². The van der Waals surface area contributed by atoms with E-state index < -0.39 is 0 Å². The molecule has 0 radical (unpaired) electrons. The number of hydrogen-bond acceptors (Lipinski definition) is 3. The molecule has 2 atom stereocenters. The van der Waals surface area contributed by atoms with Crippen LogP contribution in [0, 0.1) is 5.92 Å². The molecule has 0 spiro atoms. The highest BCUT2D eigenvalue weighted by Crippen LogP contribution is 2.14. The van der Waals surface area contributed by atoms with Crippen LogP contribution in [-0.4, -0.2) is 55.6 Å². The van der Waals surface area contributed by atoms with Crippen molar-refractivity contribution in [2.24, 2.45) is 11.7 Å². The predicted octanol–water partition coefficient (Wildman–Crippen LogP) is 0.996. The van der Waals surface area contributed by atoms with Crippen LogP contribution in [0.1, 0.15) is 26.7 Å². The molecule has 3 nitrogen and oxygen atoms in total. The van der Waals surface area contributed by atoms with Gasteiger partial charge in [-0.25, -0.2) is 0 Å². The minimum Gasteiger partial charge on any atom is -0.326 e. The number of rotatable bonds is 3. The first-order valence-corrected chi connectivity index (χ1v) is 6.15. The predicted molar refractivity (Wildman–Crippen MR) is 66.0 cm³/mol. The molecule has 1 rings (SSSR count). The molecule has 0 aromatic rings. The maximum Gasteiger partial charge on any atom is 0.0371 e. The third-order valence-electron chi connectivity index (χ3n) is 3.35. The van der Waals surface area contributed by atoms with Gasteiger partial charge in [0.05, 0.1) is 0 Å². The van der Waals surface area contributed by atoms with Gasteiger partial charge < -0.3 is 15.5 Å². The van der Waals surface area contributed by atoms with E-state index in [-0.39, 0.29) is 0 Å². The quantitative estimate of drug-likeness (QED) is 0.759. The Labute approximate surface area is 94.6 Å². The third kappa shape index (κ3) is 4.09. The number of nitrogens with zero attached hydrogens (tertiary/aromatic N) is 2. The maximum absolute atomic E-state index is 6.30. The van der Waals surface area contributed by atoms with Gasteiger partial charge in [0, 0.05) is 18.6 Å². The van der Waals surface area contributed by atoms with Gasteiger partial charge in [-0.05, 0) is 45.9 Å². The Bertz CT molecular complexity index is 182. The average Bonchev–Trinajstić information content (AvgIpc) is 2.27. The second-order valence-electron chi connectivity index (χ2n) is 5.46. The molecule has 0 aromatic carbocycles. The molecule has 1 heterocycles. The fraction of sp³-hybridized carbons (Fsp3) is 1.00. The van der Waals surface area contributed by atoms with Gasteiger partial charge in [-0.3, -0.25) is 0 Å². The van der Waals surface area contributed by atoms with E-state index in [1.165, 1.54) is 19.5 Å². The van der Waals surface area contributed by atoms with Crippen LogP contribution in [0.2, 0.25) is 0 Å². The molecular formula is C12H27N3. The van der Waals surface area contributed by atoms with Crippen LogP contribution in [0.25, 0.3) is 0 Å². The summed E-state index contributed by atoms with van der Waals surface area (Å²) in [6.45, 7) is 8.00. The normalized spacial score (nSPS) is 28.0. The summed E-state index contributed by atoms with van der Waals surface area (Å²) in [5.74, 6) is 0.696. The van der Waals surface area contributed by atoms with Crippen molar-refractivity contribution in [2.45, 2.75) is 38.8 Å². The van der Waals surface area contributed by atoms with Crippen molar-refractivity contribution < 1.29 is 0 Å². The zero-order valence-electron chi connectivity index (χ0n) is 10.7. The SMILES string of the molecule is CC(C)CC(N)C1CN(C)CCCN1C. The van der Waals surface area contributed by atoms with Crippen molar-refractivity contribution in [3.8, 4) is 0 Å². The largest absolute Gasteiger partial charge is 0.326 e. The van der Waals surface area contributed by atoms with Crippen LogP contribution in [0.15, 0.2) is 0 Å². The molecule has 0 bridgehead atoms. The fourth-order valence-electron chi connectivity index (χ4n) is 2.47. The molecule has 0 amide bonds. The lowest BCUT2D eigenvalue weighted by Gasteiger charge is -2.33. The fourth-order valence-corrected chi connectivity index (χ4v) is 2.47. The molecule has 1 saturated heterocycles. The monoisotopic (exact) mass is 213 g/mol. The smallest absolute Gasteiger partial charge is 0.0371 e. The Balaban J connectivity index is 2.54. The van der Waals surface area contributed by atoms with Gasteiger partial charge >= 0.3 is 0 Å². The summed E-state index contributed by atoms with van der Waals surface area (Å²) in [6.07, 6.45) is 2.39. The van der Waals surface area contributed by atoms with Crippen molar-refractivity contribution in [3.05, 3.63) is 0 Å². The van der Waals surface area contributed by atoms with E-state index >= 15 is 0 Å². The molecule has 2 N–H and O–H groups in total. The van der Waals surface area contributed by atoms with Crippen molar-refractivity contribution in [1.82, 2.24) is 9.80 Å². The molecule has 1 fully saturated rings. The van der Waals surface area contributed by atoms with Gasteiger partial charge in [-0.15, -0.1) is 0 Å². The lowest BCUT2D eigenvalue weighted by atomic mass is 9.97. The van der Waals surface area contributed by atoms with Crippen molar-refractivity contribution >= 4 is 0 Å². The van der Waals surface area contributed by atoms with Crippen LogP contribution >= 0.6 is 0 Å². The zero-order chi connectivity index (χ0) is 11.4. The van der Waals surface area contributed by atoms with Crippen LogP contribution in [-0.2, 0) is 0 Å². The first kappa shape index (κ1) is 12.9. The number of nitrogens with two attached hydrogens (primary N) is 1. The second kappa shape index (κ2) is 5.83. The zero-order valence-corrected chi connectivity index (χ0v) is 10.7. The molecule has 3 heteroatoms. The molecule has 15 heavy (non-hydrogen) atoms. The summed E-state index contributed by atoms with van der Waals surface area (Å²) in [4.78, 5) is 4.85. The van der Waals surface area contributed by atoms with Gasteiger partial charge in [-0.1, -0.05) is 13.8 Å². The van der Waals surface area contributed by atoms with Gasteiger partial charge in [0.2, 0.25) is 0 Å². The van der Waals surface area contributed by atoms with Crippen molar-refractivity contribution in [2.75, 3.05) is 33.7 Å². The topological polar surface area (TPSA) is 32.5 Å². The first-order valence-electron chi connectivity index (χ1n) is 6.15. The summed E-state index contributed by atoms with van der Waals surface area (Å²) in [5, 5.41) is 0. The number of hydrogen-bond donors (Lipinski definition) is 1. The molecule has 0 aliphatic carbocycles. The Morgan fingerprint density at radius 2 is 1.93 bits per heavy atom. The number of likely N-dealkylation sites (N-methyl/N-ethyl adjacent to an activating group) is 2. The highest BCUT2D eigenvalue weighted by molar-refractivity contribution is 4.85. The average molecular weight is 213 g/mol.